The standard InChI is InChI=1S/C17H15ClN4O2S/c1-10-2-7-13-14(8-10)20-17(19-13)25-9-15(23)21-22-16(24)11-3-5-12(18)6-4-11/h2-8H,9H2,1H3,(H,19,20)(H,21,23)(H,22,24). The first-order chi connectivity index (χ1) is 12.0. The van der Waals surface area contributed by atoms with Gasteiger partial charge in [-0.2, -0.15) is 0 Å². The molecule has 0 aliphatic heterocycles. The topological polar surface area (TPSA) is 86.9 Å². The fourth-order valence-corrected chi connectivity index (χ4v) is 2.95. The van der Waals surface area contributed by atoms with Gasteiger partial charge in [0.2, 0.25) is 5.91 Å². The van der Waals surface area contributed by atoms with Crippen LogP contribution in [-0.2, 0) is 4.79 Å². The molecule has 0 unspecified atom stereocenters. The van der Waals surface area contributed by atoms with Gasteiger partial charge in [0.15, 0.2) is 5.16 Å². The lowest BCUT2D eigenvalue weighted by Gasteiger charge is -2.06. The Morgan fingerprint density at radius 2 is 1.92 bits per heavy atom. The van der Waals surface area contributed by atoms with E-state index in [9.17, 15) is 9.59 Å². The molecule has 0 fully saturated rings. The Kier molecular flexibility index (Phi) is 5.25. The van der Waals surface area contributed by atoms with Crippen LogP contribution < -0.4 is 10.9 Å². The zero-order chi connectivity index (χ0) is 17.8. The minimum absolute atomic E-state index is 0.125. The Balaban J connectivity index is 1.50. The van der Waals surface area contributed by atoms with Crippen LogP contribution in [0.15, 0.2) is 47.6 Å². The largest absolute Gasteiger partial charge is 0.333 e. The maximum Gasteiger partial charge on any atom is 0.269 e. The van der Waals surface area contributed by atoms with Crippen molar-refractivity contribution in [3.8, 4) is 0 Å². The van der Waals surface area contributed by atoms with Crippen molar-refractivity contribution in [3.05, 3.63) is 58.6 Å². The maximum absolute atomic E-state index is 11.9. The highest BCUT2D eigenvalue weighted by Gasteiger charge is 2.09. The average Bonchev–Trinajstić information content (AvgIpc) is 3.00. The molecule has 0 atom stereocenters. The fourth-order valence-electron chi connectivity index (χ4n) is 2.14. The molecule has 25 heavy (non-hydrogen) atoms. The molecule has 1 heterocycles. The van der Waals surface area contributed by atoms with Gasteiger partial charge in [-0.15, -0.1) is 0 Å². The van der Waals surface area contributed by atoms with Crippen molar-refractivity contribution in [1.82, 2.24) is 20.8 Å². The molecular formula is C17H15ClN4O2S. The molecule has 0 bridgehead atoms. The van der Waals surface area contributed by atoms with Crippen molar-refractivity contribution in [2.75, 3.05) is 5.75 Å². The number of thioether (sulfide) groups is 1. The van der Waals surface area contributed by atoms with Crippen molar-refractivity contribution in [2.45, 2.75) is 12.1 Å². The lowest BCUT2D eigenvalue weighted by Crippen LogP contribution is -2.42. The Morgan fingerprint density at radius 1 is 1.16 bits per heavy atom. The molecule has 2 amide bonds. The molecule has 0 saturated carbocycles. The normalized spacial score (nSPS) is 10.6. The number of halogens is 1. The lowest BCUT2D eigenvalue weighted by atomic mass is 10.2. The maximum atomic E-state index is 11.9. The zero-order valence-electron chi connectivity index (χ0n) is 13.3. The SMILES string of the molecule is Cc1ccc2nc(SCC(=O)NNC(=O)c3ccc(Cl)cc3)[nH]c2c1. The first kappa shape index (κ1) is 17.3. The van der Waals surface area contributed by atoms with Gasteiger partial charge in [0.1, 0.15) is 0 Å². The van der Waals surface area contributed by atoms with E-state index in [0.29, 0.717) is 15.7 Å². The summed E-state index contributed by atoms with van der Waals surface area (Å²) in [5, 5.41) is 1.19. The van der Waals surface area contributed by atoms with Crippen molar-refractivity contribution in [3.63, 3.8) is 0 Å². The summed E-state index contributed by atoms with van der Waals surface area (Å²) in [5.41, 5.74) is 8.06. The lowest BCUT2D eigenvalue weighted by molar-refractivity contribution is -0.119. The number of aromatic nitrogens is 2. The number of aromatic amines is 1. The molecule has 2 aromatic carbocycles. The molecule has 0 aliphatic rings. The number of benzene rings is 2. The molecule has 0 aliphatic carbocycles. The van der Waals surface area contributed by atoms with Gasteiger partial charge in [0.25, 0.3) is 5.91 Å². The van der Waals surface area contributed by atoms with E-state index in [2.05, 4.69) is 20.8 Å². The van der Waals surface area contributed by atoms with E-state index < -0.39 is 5.91 Å². The van der Waals surface area contributed by atoms with Crippen molar-refractivity contribution >= 4 is 46.2 Å². The van der Waals surface area contributed by atoms with Gasteiger partial charge in [0, 0.05) is 10.6 Å². The number of nitrogens with one attached hydrogen (secondary N) is 3. The van der Waals surface area contributed by atoms with Crippen molar-refractivity contribution in [2.24, 2.45) is 0 Å². The number of carbonyl (C=O) groups excluding carboxylic acids is 2. The smallest absolute Gasteiger partial charge is 0.269 e. The molecule has 1 aromatic heterocycles. The van der Waals surface area contributed by atoms with Crippen LogP contribution in [0.1, 0.15) is 15.9 Å². The second-order valence-corrected chi connectivity index (χ2v) is 6.76. The molecule has 3 N–H and O–H groups in total. The van der Waals surface area contributed by atoms with Gasteiger partial charge in [-0.05, 0) is 48.9 Å². The fraction of sp³-hybridized carbons (Fsp3) is 0.118. The van der Waals surface area contributed by atoms with Crippen LogP contribution in [-0.4, -0.2) is 27.5 Å². The molecule has 6 nitrogen and oxygen atoms in total. The number of hydrazine groups is 1. The molecule has 0 radical (unpaired) electrons. The average molecular weight is 375 g/mol. The van der Waals surface area contributed by atoms with Crippen molar-refractivity contribution < 1.29 is 9.59 Å². The van der Waals surface area contributed by atoms with Crippen LogP contribution >= 0.6 is 23.4 Å². The molecule has 3 aromatic rings. The molecule has 8 heteroatoms. The van der Waals surface area contributed by atoms with Gasteiger partial charge in [-0.3, -0.25) is 20.4 Å². The molecule has 0 spiro atoms. The van der Waals surface area contributed by atoms with E-state index in [0.717, 1.165) is 16.6 Å². The first-order valence-corrected chi connectivity index (χ1v) is 8.81. The number of aryl methyl sites for hydroxylation is 1. The summed E-state index contributed by atoms with van der Waals surface area (Å²) >= 11 is 7.03. The number of hydrogen-bond donors (Lipinski definition) is 3. The van der Waals surface area contributed by atoms with Crippen LogP contribution in [0.5, 0.6) is 0 Å². The summed E-state index contributed by atoms with van der Waals surface area (Å²) in [7, 11) is 0. The van der Waals surface area contributed by atoms with Crippen LogP contribution in [0.25, 0.3) is 11.0 Å². The monoisotopic (exact) mass is 374 g/mol. The number of imidazole rings is 1. The minimum Gasteiger partial charge on any atom is -0.333 e. The molecular weight excluding hydrogens is 360 g/mol. The Bertz CT molecular complexity index is 924. The predicted octanol–water partition coefficient (Wildman–Crippen LogP) is 3.08. The molecule has 0 saturated heterocycles. The second kappa shape index (κ2) is 7.58. The van der Waals surface area contributed by atoms with E-state index in [4.69, 9.17) is 11.6 Å². The third-order valence-corrected chi connectivity index (χ3v) is 4.50. The highest BCUT2D eigenvalue weighted by molar-refractivity contribution is 7.99. The third kappa shape index (κ3) is 4.52. The summed E-state index contributed by atoms with van der Waals surface area (Å²) in [6, 6.07) is 12.3. The molecule has 3 rings (SSSR count). The number of fused-ring (bicyclic) bond motifs is 1. The predicted molar refractivity (Wildman–Crippen MR) is 98.6 cm³/mol. The van der Waals surface area contributed by atoms with Crippen LogP contribution in [0.3, 0.4) is 0 Å². The van der Waals surface area contributed by atoms with Gasteiger partial charge in [-0.25, -0.2) is 4.98 Å². The number of amides is 2. The summed E-state index contributed by atoms with van der Waals surface area (Å²) in [5.74, 6) is -0.613. The van der Waals surface area contributed by atoms with Crippen LogP contribution in [0.2, 0.25) is 5.02 Å². The van der Waals surface area contributed by atoms with Gasteiger partial charge >= 0.3 is 0 Å². The Morgan fingerprint density at radius 3 is 2.68 bits per heavy atom. The molecule has 128 valence electrons. The summed E-state index contributed by atoms with van der Waals surface area (Å²) in [4.78, 5) is 31.3. The first-order valence-electron chi connectivity index (χ1n) is 7.45. The number of nitrogens with zero attached hydrogens (tertiary/aromatic N) is 1. The van der Waals surface area contributed by atoms with E-state index in [-0.39, 0.29) is 11.7 Å². The van der Waals surface area contributed by atoms with Gasteiger partial charge in [0.05, 0.1) is 16.8 Å². The Hall–Kier alpha value is -2.51. The highest BCUT2D eigenvalue weighted by Crippen LogP contribution is 2.20. The second-order valence-electron chi connectivity index (χ2n) is 5.36. The third-order valence-electron chi connectivity index (χ3n) is 3.38. The Labute approximate surface area is 153 Å². The van der Waals surface area contributed by atoms with E-state index in [1.165, 1.54) is 11.8 Å². The van der Waals surface area contributed by atoms with E-state index in [1.807, 2.05) is 25.1 Å². The summed E-state index contributed by atoms with van der Waals surface area (Å²) in [6.07, 6.45) is 0. The van der Waals surface area contributed by atoms with E-state index >= 15 is 0 Å². The number of H-pyrrole nitrogens is 1. The van der Waals surface area contributed by atoms with Gasteiger partial charge < -0.3 is 4.98 Å². The van der Waals surface area contributed by atoms with Crippen molar-refractivity contribution in [1.29, 1.82) is 0 Å². The number of rotatable bonds is 4. The van der Waals surface area contributed by atoms with Crippen LogP contribution in [0, 0.1) is 6.92 Å². The zero-order valence-corrected chi connectivity index (χ0v) is 14.9. The van der Waals surface area contributed by atoms with Gasteiger partial charge in [-0.1, -0.05) is 29.4 Å². The van der Waals surface area contributed by atoms with E-state index in [1.54, 1.807) is 24.3 Å². The van der Waals surface area contributed by atoms with Crippen LogP contribution in [0.4, 0.5) is 0 Å². The minimum atomic E-state index is -0.408. The summed E-state index contributed by atoms with van der Waals surface area (Å²) < 4.78 is 0. The highest BCUT2D eigenvalue weighted by atomic mass is 35.5. The number of carbonyl (C=O) groups is 2. The number of hydrogen-bond acceptors (Lipinski definition) is 4. The summed E-state index contributed by atoms with van der Waals surface area (Å²) in [6.45, 7) is 2.00. The quantitative estimate of drug-likeness (QED) is 0.484.